The van der Waals surface area contributed by atoms with Crippen LogP contribution in [-0.2, 0) is 0 Å². The van der Waals surface area contributed by atoms with Gasteiger partial charge < -0.3 is 4.74 Å². The van der Waals surface area contributed by atoms with Crippen LogP contribution >= 0.6 is 31.9 Å². The highest BCUT2D eigenvalue weighted by Crippen LogP contribution is 2.36. The summed E-state index contributed by atoms with van der Waals surface area (Å²) in [5, 5.41) is 0. The Morgan fingerprint density at radius 2 is 1.33 bits per heavy atom. The van der Waals surface area contributed by atoms with E-state index in [9.17, 15) is 0 Å². The number of nitrogens with zero attached hydrogens (tertiary/aromatic N) is 2. The van der Waals surface area contributed by atoms with Gasteiger partial charge in [-0.2, -0.15) is 0 Å². The zero-order valence-electron chi connectivity index (χ0n) is 14.6. The summed E-state index contributed by atoms with van der Waals surface area (Å²) in [4.78, 5) is 9.97. The third-order valence-corrected chi connectivity index (χ3v) is 5.47. The molecule has 0 fully saturated rings. The molecule has 0 unspecified atom stereocenters. The van der Waals surface area contributed by atoms with Gasteiger partial charge in [0.15, 0.2) is 0 Å². The number of aromatic nitrogens is 2. The number of hydrogen-bond donors (Lipinski definition) is 0. The second-order valence-electron chi connectivity index (χ2n) is 5.97. The van der Waals surface area contributed by atoms with E-state index >= 15 is 0 Å². The minimum atomic E-state index is 0.622. The Bertz CT molecular complexity index is 1110. The normalized spacial score (nSPS) is 10.9. The average molecular weight is 484 g/mol. The lowest BCUT2D eigenvalue weighted by Crippen LogP contribution is -1.97. The van der Waals surface area contributed by atoms with E-state index in [-0.39, 0.29) is 0 Å². The van der Waals surface area contributed by atoms with E-state index in [2.05, 4.69) is 44.0 Å². The number of rotatable bonds is 4. The van der Waals surface area contributed by atoms with Gasteiger partial charge in [0.2, 0.25) is 0 Å². The van der Waals surface area contributed by atoms with Crippen molar-refractivity contribution >= 4 is 42.9 Å². The smallest absolute Gasteiger partial charge is 0.119 e. The van der Waals surface area contributed by atoms with Crippen LogP contribution in [0.5, 0.6) is 5.75 Å². The molecule has 0 radical (unpaired) electrons. The molecule has 3 aromatic carbocycles. The van der Waals surface area contributed by atoms with Crippen LogP contribution in [0.2, 0.25) is 0 Å². The van der Waals surface area contributed by atoms with Crippen molar-refractivity contribution in [3.8, 4) is 28.3 Å². The van der Waals surface area contributed by atoms with Crippen molar-refractivity contribution in [1.29, 1.82) is 0 Å². The fourth-order valence-corrected chi connectivity index (χ4v) is 3.79. The summed E-state index contributed by atoms with van der Waals surface area (Å²) in [6, 6.07) is 22.1. The van der Waals surface area contributed by atoms with Crippen LogP contribution in [0.4, 0.5) is 0 Å². The van der Waals surface area contributed by atoms with Crippen molar-refractivity contribution in [2.45, 2.75) is 6.92 Å². The number of benzene rings is 3. The van der Waals surface area contributed by atoms with E-state index in [4.69, 9.17) is 14.7 Å². The summed E-state index contributed by atoms with van der Waals surface area (Å²) >= 11 is 7.22. The summed E-state index contributed by atoms with van der Waals surface area (Å²) in [6.45, 7) is 2.60. The first kappa shape index (κ1) is 18.1. The molecule has 0 aliphatic rings. The Balaban J connectivity index is 2.03. The molecule has 27 heavy (non-hydrogen) atoms. The molecule has 3 nitrogen and oxygen atoms in total. The van der Waals surface area contributed by atoms with Crippen molar-refractivity contribution in [3.05, 3.63) is 75.7 Å². The molecule has 0 bridgehead atoms. The molecule has 0 saturated carbocycles. The third kappa shape index (κ3) is 3.62. The summed E-state index contributed by atoms with van der Waals surface area (Å²) in [6.07, 6.45) is 0. The first-order valence-electron chi connectivity index (χ1n) is 8.62. The van der Waals surface area contributed by atoms with E-state index in [0.29, 0.717) is 6.61 Å². The summed E-state index contributed by atoms with van der Waals surface area (Å²) in [7, 11) is 0. The van der Waals surface area contributed by atoms with Gasteiger partial charge in [0, 0.05) is 20.1 Å². The molecule has 0 atom stereocenters. The Hall–Kier alpha value is -2.24. The van der Waals surface area contributed by atoms with Crippen LogP contribution in [0.15, 0.2) is 75.7 Å². The standard InChI is InChI=1S/C22H16Br2N2O/c1-2-27-16-10-6-9-15(13-16)20-19(14-7-4-3-5-8-14)25-21-17(23)11-12-18(24)22(21)26-20/h3-13H,2H2,1H3. The lowest BCUT2D eigenvalue weighted by Gasteiger charge is -2.13. The van der Waals surface area contributed by atoms with E-state index in [1.165, 1.54) is 0 Å². The lowest BCUT2D eigenvalue weighted by atomic mass is 10.0. The number of fused-ring (bicyclic) bond motifs is 1. The largest absolute Gasteiger partial charge is 0.494 e. The molecule has 1 heterocycles. The monoisotopic (exact) mass is 482 g/mol. The minimum Gasteiger partial charge on any atom is -0.494 e. The third-order valence-electron chi connectivity index (χ3n) is 4.19. The molecule has 4 aromatic rings. The Kier molecular flexibility index (Phi) is 5.23. The molecule has 0 saturated heterocycles. The van der Waals surface area contributed by atoms with E-state index < -0.39 is 0 Å². The highest BCUT2D eigenvalue weighted by molar-refractivity contribution is 9.11. The second kappa shape index (κ2) is 7.79. The van der Waals surface area contributed by atoms with Crippen molar-refractivity contribution in [2.75, 3.05) is 6.61 Å². The van der Waals surface area contributed by atoms with E-state index in [1.807, 2.05) is 61.5 Å². The van der Waals surface area contributed by atoms with Gasteiger partial charge in [-0.25, -0.2) is 9.97 Å². The highest BCUT2D eigenvalue weighted by atomic mass is 79.9. The maximum atomic E-state index is 5.68. The van der Waals surface area contributed by atoms with Crippen LogP contribution in [0.25, 0.3) is 33.5 Å². The van der Waals surface area contributed by atoms with Crippen molar-refractivity contribution < 1.29 is 4.74 Å². The average Bonchev–Trinajstić information content (AvgIpc) is 2.71. The molecule has 0 spiro atoms. The fraction of sp³-hybridized carbons (Fsp3) is 0.0909. The molecule has 1 aromatic heterocycles. The predicted molar refractivity (Wildman–Crippen MR) is 117 cm³/mol. The Morgan fingerprint density at radius 3 is 1.96 bits per heavy atom. The Morgan fingerprint density at radius 1 is 0.741 bits per heavy atom. The van der Waals surface area contributed by atoms with Crippen LogP contribution in [0, 0.1) is 0 Å². The first-order chi connectivity index (χ1) is 13.2. The highest BCUT2D eigenvalue weighted by Gasteiger charge is 2.16. The molecule has 0 amide bonds. The second-order valence-corrected chi connectivity index (χ2v) is 7.68. The van der Waals surface area contributed by atoms with Crippen LogP contribution in [-0.4, -0.2) is 16.6 Å². The molecule has 4 rings (SSSR count). The van der Waals surface area contributed by atoms with Crippen molar-refractivity contribution in [2.24, 2.45) is 0 Å². The molecule has 0 aliphatic carbocycles. The summed E-state index contributed by atoms with van der Waals surface area (Å²) < 4.78 is 7.51. The van der Waals surface area contributed by atoms with E-state index in [1.54, 1.807) is 0 Å². The lowest BCUT2D eigenvalue weighted by molar-refractivity contribution is 0.340. The number of ether oxygens (including phenoxy) is 1. The van der Waals surface area contributed by atoms with Gasteiger partial charge in [-0.1, -0.05) is 42.5 Å². The maximum Gasteiger partial charge on any atom is 0.119 e. The molecular formula is C22H16Br2N2O. The van der Waals surface area contributed by atoms with Gasteiger partial charge in [-0.15, -0.1) is 0 Å². The quantitative estimate of drug-likeness (QED) is 0.317. The van der Waals surface area contributed by atoms with Gasteiger partial charge >= 0.3 is 0 Å². The number of hydrogen-bond acceptors (Lipinski definition) is 3. The summed E-state index contributed by atoms with van der Waals surface area (Å²) in [5.41, 5.74) is 5.31. The first-order valence-corrected chi connectivity index (χ1v) is 10.2. The van der Waals surface area contributed by atoms with Crippen LogP contribution < -0.4 is 4.74 Å². The van der Waals surface area contributed by atoms with Crippen LogP contribution in [0.3, 0.4) is 0 Å². The fourth-order valence-electron chi connectivity index (χ4n) is 2.97. The van der Waals surface area contributed by atoms with Crippen molar-refractivity contribution in [3.63, 3.8) is 0 Å². The molecule has 5 heteroatoms. The molecule has 0 aliphatic heterocycles. The van der Waals surface area contributed by atoms with Gasteiger partial charge in [0.05, 0.1) is 18.0 Å². The zero-order valence-corrected chi connectivity index (χ0v) is 17.8. The molecular weight excluding hydrogens is 468 g/mol. The maximum absolute atomic E-state index is 5.68. The molecule has 134 valence electrons. The zero-order chi connectivity index (χ0) is 18.8. The van der Waals surface area contributed by atoms with Gasteiger partial charge in [-0.3, -0.25) is 0 Å². The Labute approximate surface area is 174 Å². The number of halogens is 2. The van der Waals surface area contributed by atoms with Gasteiger partial charge in [0.25, 0.3) is 0 Å². The van der Waals surface area contributed by atoms with Gasteiger partial charge in [0.1, 0.15) is 16.8 Å². The van der Waals surface area contributed by atoms with Gasteiger partial charge in [-0.05, 0) is 63.0 Å². The predicted octanol–water partition coefficient (Wildman–Crippen LogP) is 6.89. The minimum absolute atomic E-state index is 0.622. The van der Waals surface area contributed by atoms with Crippen LogP contribution in [0.1, 0.15) is 6.92 Å². The SMILES string of the molecule is CCOc1cccc(-c2nc3c(Br)ccc(Br)c3nc2-c2ccccc2)c1. The topological polar surface area (TPSA) is 35.0 Å². The summed E-state index contributed by atoms with van der Waals surface area (Å²) in [5.74, 6) is 0.823. The van der Waals surface area contributed by atoms with E-state index in [0.717, 1.165) is 48.2 Å². The van der Waals surface area contributed by atoms with Crippen molar-refractivity contribution in [1.82, 2.24) is 9.97 Å². The molecule has 0 N–H and O–H groups in total.